The third-order valence-corrected chi connectivity index (χ3v) is 4.36. The first-order chi connectivity index (χ1) is 8.73. The molecule has 0 heterocycles. The summed E-state index contributed by atoms with van der Waals surface area (Å²) < 4.78 is 11.8. The molecule has 106 valence electrons. The highest BCUT2D eigenvalue weighted by Gasteiger charge is 2.29. The quantitative estimate of drug-likeness (QED) is 0.630. The Kier molecular flexibility index (Phi) is 5.54. The van der Waals surface area contributed by atoms with E-state index in [0.717, 1.165) is 5.57 Å². The molecule has 0 fully saturated rings. The zero-order valence-corrected chi connectivity index (χ0v) is 12.8. The van der Waals surface area contributed by atoms with Gasteiger partial charge in [-0.25, -0.2) is 0 Å². The number of allylic oxidation sites excluding steroid dienone is 2. The number of hydrogen-bond donors (Lipinski definition) is 2. The first-order valence-corrected chi connectivity index (χ1v) is 8.23. The fourth-order valence-electron chi connectivity index (χ4n) is 2.27. The Morgan fingerprint density at radius 2 is 1.53 bits per heavy atom. The third-order valence-electron chi connectivity index (χ3n) is 3.19. The van der Waals surface area contributed by atoms with Gasteiger partial charge in [0.2, 0.25) is 0 Å². The molecule has 1 aromatic rings. The van der Waals surface area contributed by atoms with E-state index >= 15 is 0 Å². The van der Waals surface area contributed by atoms with Gasteiger partial charge in [0, 0.05) is 0 Å². The van der Waals surface area contributed by atoms with Crippen molar-refractivity contribution in [2.24, 2.45) is 11.8 Å². The summed E-state index contributed by atoms with van der Waals surface area (Å²) >= 11 is 0. The Morgan fingerprint density at radius 1 is 1.05 bits per heavy atom. The minimum Gasteiger partial charge on any atom is -0.324 e. The van der Waals surface area contributed by atoms with Crippen molar-refractivity contribution < 1.29 is 14.4 Å². The molecule has 0 aromatic heterocycles. The van der Waals surface area contributed by atoms with Crippen LogP contribution in [-0.4, -0.2) is 9.79 Å². The molecule has 0 spiro atoms. The van der Waals surface area contributed by atoms with Gasteiger partial charge in [-0.15, -0.1) is 0 Å². The zero-order chi connectivity index (χ0) is 14.6. The van der Waals surface area contributed by atoms with Gasteiger partial charge in [-0.3, -0.25) is 4.57 Å². The Balaban J connectivity index is 3.27. The largest absolute Gasteiger partial charge is 0.336 e. The summed E-state index contributed by atoms with van der Waals surface area (Å²) in [6.07, 6.45) is 1.76. The third kappa shape index (κ3) is 4.61. The van der Waals surface area contributed by atoms with Crippen molar-refractivity contribution in [3.8, 4) is 0 Å². The lowest BCUT2D eigenvalue weighted by Crippen LogP contribution is -2.06. The average molecular weight is 282 g/mol. The topological polar surface area (TPSA) is 57.5 Å². The fraction of sp³-hybridized carbons (Fsp3) is 0.467. The highest BCUT2D eigenvalue weighted by molar-refractivity contribution is 7.52. The molecule has 1 aromatic carbocycles. The molecular formula is C15H23O3P. The molecule has 0 amide bonds. The zero-order valence-electron chi connectivity index (χ0n) is 11.9. The minimum atomic E-state index is -4.21. The number of rotatable bonds is 5. The van der Waals surface area contributed by atoms with Crippen molar-refractivity contribution in [3.63, 3.8) is 0 Å². The van der Waals surface area contributed by atoms with E-state index in [1.165, 1.54) is 0 Å². The Bertz CT molecular complexity index is 461. The maximum absolute atomic E-state index is 11.8. The second kappa shape index (κ2) is 6.51. The van der Waals surface area contributed by atoms with Crippen molar-refractivity contribution in [2.45, 2.75) is 33.4 Å². The van der Waals surface area contributed by atoms with Crippen LogP contribution in [0.4, 0.5) is 0 Å². The first-order valence-electron chi connectivity index (χ1n) is 6.55. The smallest absolute Gasteiger partial charge is 0.324 e. The summed E-state index contributed by atoms with van der Waals surface area (Å²) in [6.45, 7) is 8.20. The first kappa shape index (κ1) is 16.2. The minimum absolute atomic E-state index is 0.276. The van der Waals surface area contributed by atoms with Gasteiger partial charge in [0.1, 0.15) is 5.66 Å². The summed E-state index contributed by atoms with van der Waals surface area (Å²) in [5.41, 5.74) is 0.889. The molecule has 0 aliphatic carbocycles. The Hall–Kier alpha value is -0.890. The van der Waals surface area contributed by atoms with Gasteiger partial charge < -0.3 is 9.79 Å². The summed E-state index contributed by atoms with van der Waals surface area (Å²) in [6, 6.07) is 8.97. The fourth-order valence-corrected chi connectivity index (χ4v) is 3.20. The van der Waals surface area contributed by atoms with E-state index in [1.807, 2.05) is 33.8 Å². The van der Waals surface area contributed by atoms with Crippen LogP contribution in [0.3, 0.4) is 0 Å². The van der Waals surface area contributed by atoms with Gasteiger partial charge in [-0.1, -0.05) is 69.7 Å². The van der Waals surface area contributed by atoms with E-state index in [0.29, 0.717) is 5.56 Å². The van der Waals surface area contributed by atoms with Crippen LogP contribution in [0.1, 0.15) is 38.9 Å². The van der Waals surface area contributed by atoms with Gasteiger partial charge in [0.05, 0.1) is 0 Å². The Morgan fingerprint density at radius 3 is 1.89 bits per heavy atom. The predicted octanol–water partition coefficient (Wildman–Crippen LogP) is 4.14. The summed E-state index contributed by atoms with van der Waals surface area (Å²) in [4.78, 5) is 19.2. The summed E-state index contributed by atoms with van der Waals surface area (Å²) in [7, 11) is -4.21. The maximum atomic E-state index is 11.8. The van der Waals surface area contributed by atoms with Crippen LogP contribution in [0.5, 0.6) is 0 Å². The monoisotopic (exact) mass is 282 g/mol. The van der Waals surface area contributed by atoms with Crippen LogP contribution in [0.15, 0.2) is 42.0 Å². The van der Waals surface area contributed by atoms with Gasteiger partial charge >= 0.3 is 7.60 Å². The van der Waals surface area contributed by atoms with E-state index in [2.05, 4.69) is 0 Å². The predicted molar refractivity (Wildman–Crippen MR) is 79.0 cm³/mol. The molecule has 4 heteroatoms. The molecule has 1 rings (SSSR count). The van der Waals surface area contributed by atoms with Crippen LogP contribution in [0.2, 0.25) is 0 Å². The highest BCUT2D eigenvalue weighted by atomic mass is 31.2. The lowest BCUT2D eigenvalue weighted by atomic mass is 9.91. The second-order valence-corrected chi connectivity index (χ2v) is 7.16. The molecule has 0 aliphatic heterocycles. The van der Waals surface area contributed by atoms with Crippen LogP contribution < -0.4 is 0 Å². The van der Waals surface area contributed by atoms with Gasteiger partial charge in [0.15, 0.2) is 0 Å². The standard InChI is InChI=1S/C15H23O3P/c1-11(2)14(12(3)4)10-15(19(16,17)18)13-8-6-5-7-9-13/h5-12,15H,1-4H3,(H2,16,17,18). The molecule has 0 saturated carbocycles. The Labute approximate surface area is 115 Å². The van der Waals surface area contributed by atoms with Crippen LogP contribution in [0, 0.1) is 11.8 Å². The highest BCUT2D eigenvalue weighted by Crippen LogP contribution is 2.53. The maximum Gasteiger partial charge on any atom is 0.336 e. The van der Waals surface area contributed by atoms with E-state index in [-0.39, 0.29) is 11.8 Å². The molecule has 2 N–H and O–H groups in total. The van der Waals surface area contributed by atoms with E-state index < -0.39 is 13.3 Å². The lowest BCUT2D eigenvalue weighted by molar-refractivity contribution is 0.365. The van der Waals surface area contributed by atoms with Gasteiger partial charge in [-0.2, -0.15) is 0 Å². The molecule has 1 unspecified atom stereocenters. The molecule has 3 nitrogen and oxygen atoms in total. The van der Waals surface area contributed by atoms with Crippen LogP contribution in [-0.2, 0) is 4.57 Å². The molecule has 19 heavy (non-hydrogen) atoms. The van der Waals surface area contributed by atoms with Crippen molar-refractivity contribution in [2.75, 3.05) is 0 Å². The molecule has 0 saturated heterocycles. The van der Waals surface area contributed by atoms with E-state index in [4.69, 9.17) is 0 Å². The normalized spacial score (nSPS) is 13.7. The van der Waals surface area contributed by atoms with Crippen molar-refractivity contribution in [1.29, 1.82) is 0 Å². The van der Waals surface area contributed by atoms with Crippen molar-refractivity contribution >= 4 is 7.60 Å². The molecule has 0 bridgehead atoms. The summed E-state index contributed by atoms with van der Waals surface area (Å²) in [5.74, 6) is 0.551. The van der Waals surface area contributed by atoms with Gasteiger partial charge in [-0.05, 0) is 17.4 Å². The number of benzene rings is 1. The number of hydrogen-bond acceptors (Lipinski definition) is 1. The molecular weight excluding hydrogens is 259 g/mol. The molecule has 0 radical (unpaired) electrons. The van der Waals surface area contributed by atoms with Crippen LogP contribution in [0.25, 0.3) is 0 Å². The summed E-state index contributed by atoms with van der Waals surface area (Å²) in [5, 5.41) is 0. The second-order valence-electron chi connectivity index (χ2n) is 5.42. The average Bonchev–Trinajstić information content (AvgIpc) is 2.28. The SMILES string of the molecule is CC(C)C(=CC(c1ccccc1)P(=O)(O)O)C(C)C. The van der Waals surface area contributed by atoms with Crippen molar-refractivity contribution in [3.05, 3.63) is 47.5 Å². The van der Waals surface area contributed by atoms with E-state index in [1.54, 1.807) is 30.3 Å². The lowest BCUT2D eigenvalue weighted by Gasteiger charge is -2.21. The van der Waals surface area contributed by atoms with Crippen molar-refractivity contribution in [1.82, 2.24) is 0 Å². The molecule has 0 aliphatic rings. The molecule has 1 atom stereocenters. The van der Waals surface area contributed by atoms with E-state index in [9.17, 15) is 14.4 Å². The van der Waals surface area contributed by atoms with Gasteiger partial charge in [0.25, 0.3) is 0 Å². The van der Waals surface area contributed by atoms with Crippen LogP contribution >= 0.6 is 7.60 Å².